The zero-order valence-electron chi connectivity index (χ0n) is 17.8. The van der Waals surface area contributed by atoms with Crippen molar-refractivity contribution < 1.29 is 15.3 Å². The average Bonchev–Trinajstić information content (AvgIpc) is 3.10. The largest absolute Gasteiger partial charge is 0.508 e. The van der Waals surface area contributed by atoms with E-state index in [4.69, 9.17) is 0 Å². The number of aromatic hydroxyl groups is 3. The number of phenolic OH excluding ortho intramolecular Hbond substituents is 2. The summed E-state index contributed by atoms with van der Waals surface area (Å²) in [7, 11) is 0. The zero-order valence-corrected chi connectivity index (χ0v) is 18.6. The van der Waals surface area contributed by atoms with Gasteiger partial charge in [0.1, 0.15) is 11.5 Å². The van der Waals surface area contributed by atoms with E-state index in [1.807, 2.05) is 37.7 Å². The third-order valence-electron chi connectivity index (χ3n) is 5.61. The molecule has 164 valence electrons. The van der Waals surface area contributed by atoms with Crippen LogP contribution in [0.5, 0.6) is 17.5 Å². The Balaban J connectivity index is 1.57. The monoisotopic (exact) mass is 440 g/mol. The van der Waals surface area contributed by atoms with Crippen LogP contribution in [-0.2, 0) is 13.1 Å². The molecule has 0 saturated carbocycles. The van der Waals surface area contributed by atoms with E-state index in [-0.39, 0.29) is 23.4 Å². The summed E-state index contributed by atoms with van der Waals surface area (Å²) in [5.74, 6) is 2.73. The minimum atomic E-state index is -0.219. The number of nitrogens with zero attached hydrogens (tertiary/aromatic N) is 4. The van der Waals surface area contributed by atoms with Gasteiger partial charge in [-0.2, -0.15) is 11.8 Å². The molecule has 0 unspecified atom stereocenters. The number of rotatable bonds is 6. The first-order valence-corrected chi connectivity index (χ1v) is 11.6. The van der Waals surface area contributed by atoms with Gasteiger partial charge in [0.15, 0.2) is 5.82 Å². The second kappa shape index (κ2) is 9.20. The minimum Gasteiger partial charge on any atom is -0.508 e. The van der Waals surface area contributed by atoms with Gasteiger partial charge in [0.05, 0.1) is 12.1 Å². The highest BCUT2D eigenvalue weighted by molar-refractivity contribution is 7.99. The third-order valence-corrected chi connectivity index (χ3v) is 6.56. The van der Waals surface area contributed by atoms with Gasteiger partial charge in [-0.15, -0.1) is 5.10 Å². The molecule has 3 N–H and O–H groups in total. The Kier molecular flexibility index (Phi) is 6.38. The highest BCUT2D eigenvalue weighted by Gasteiger charge is 2.20. The van der Waals surface area contributed by atoms with E-state index in [2.05, 4.69) is 27.2 Å². The van der Waals surface area contributed by atoms with Crippen molar-refractivity contribution in [1.29, 1.82) is 0 Å². The van der Waals surface area contributed by atoms with E-state index in [0.29, 0.717) is 23.5 Å². The molecule has 1 saturated heterocycles. The maximum absolute atomic E-state index is 10.4. The fourth-order valence-corrected chi connectivity index (χ4v) is 4.80. The summed E-state index contributed by atoms with van der Waals surface area (Å²) < 4.78 is 1.56. The van der Waals surface area contributed by atoms with Crippen LogP contribution in [0.4, 0.5) is 0 Å². The molecule has 1 aromatic heterocycles. The predicted molar refractivity (Wildman–Crippen MR) is 123 cm³/mol. The van der Waals surface area contributed by atoms with Crippen molar-refractivity contribution in [1.82, 2.24) is 19.7 Å². The fraction of sp³-hybridized carbons (Fsp3) is 0.391. The third kappa shape index (κ3) is 4.80. The summed E-state index contributed by atoms with van der Waals surface area (Å²) >= 11 is 2.01. The topological polar surface area (TPSA) is 94.6 Å². The van der Waals surface area contributed by atoms with Crippen LogP contribution in [0, 0.1) is 0 Å². The van der Waals surface area contributed by atoms with Gasteiger partial charge in [0.25, 0.3) is 0 Å². The smallest absolute Gasteiger partial charge is 0.315 e. The Hall–Kier alpha value is -2.71. The van der Waals surface area contributed by atoms with Crippen molar-refractivity contribution in [3.8, 4) is 28.9 Å². The molecule has 31 heavy (non-hydrogen) atoms. The number of benzene rings is 2. The molecular weight excluding hydrogens is 412 g/mol. The van der Waals surface area contributed by atoms with Gasteiger partial charge >= 0.3 is 6.01 Å². The zero-order chi connectivity index (χ0) is 22.0. The molecule has 0 amide bonds. The van der Waals surface area contributed by atoms with Gasteiger partial charge in [-0.3, -0.25) is 9.47 Å². The Morgan fingerprint density at radius 2 is 1.55 bits per heavy atom. The van der Waals surface area contributed by atoms with Crippen molar-refractivity contribution >= 4 is 11.8 Å². The molecule has 0 radical (unpaired) electrons. The number of hydrogen-bond acceptors (Lipinski definition) is 7. The van der Waals surface area contributed by atoms with E-state index in [0.717, 1.165) is 25.2 Å². The molecule has 4 rings (SSSR count). The van der Waals surface area contributed by atoms with Crippen molar-refractivity contribution in [3.63, 3.8) is 0 Å². The number of hydrogen-bond donors (Lipinski definition) is 3. The number of aromatic nitrogens is 3. The molecule has 8 heteroatoms. The van der Waals surface area contributed by atoms with Crippen LogP contribution in [0.2, 0.25) is 0 Å². The molecule has 1 aliphatic heterocycles. The highest BCUT2D eigenvalue weighted by atomic mass is 32.2. The van der Waals surface area contributed by atoms with Gasteiger partial charge in [0, 0.05) is 37.2 Å². The van der Waals surface area contributed by atoms with Gasteiger partial charge in [0.2, 0.25) is 0 Å². The van der Waals surface area contributed by atoms with Crippen molar-refractivity contribution in [3.05, 3.63) is 53.1 Å². The summed E-state index contributed by atoms with van der Waals surface area (Å²) in [6.45, 7) is 7.48. The van der Waals surface area contributed by atoms with Crippen LogP contribution in [0.15, 0.2) is 36.4 Å². The average molecular weight is 441 g/mol. The van der Waals surface area contributed by atoms with Crippen LogP contribution in [0.1, 0.15) is 36.5 Å². The highest BCUT2D eigenvalue weighted by Crippen LogP contribution is 2.38. The molecule has 2 heterocycles. The van der Waals surface area contributed by atoms with E-state index in [1.165, 1.54) is 23.1 Å². The quantitative estimate of drug-likeness (QED) is 0.537. The lowest BCUT2D eigenvalue weighted by Crippen LogP contribution is -2.31. The summed E-state index contributed by atoms with van der Waals surface area (Å²) in [4.78, 5) is 2.47. The second-order valence-corrected chi connectivity index (χ2v) is 9.42. The summed E-state index contributed by atoms with van der Waals surface area (Å²) in [5, 5.41) is 38.7. The lowest BCUT2D eigenvalue weighted by Gasteiger charge is -2.26. The molecule has 0 bridgehead atoms. The normalized spacial score (nSPS) is 14.9. The summed E-state index contributed by atoms with van der Waals surface area (Å²) in [6, 6.07) is 11.1. The molecule has 7 nitrogen and oxygen atoms in total. The van der Waals surface area contributed by atoms with Gasteiger partial charge in [-0.1, -0.05) is 43.2 Å². The van der Waals surface area contributed by atoms with Crippen molar-refractivity contribution in [2.24, 2.45) is 0 Å². The first-order valence-electron chi connectivity index (χ1n) is 10.5. The maximum Gasteiger partial charge on any atom is 0.315 e. The van der Waals surface area contributed by atoms with Gasteiger partial charge in [-0.25, -0.2) is 0 Å². The molecule has 2 aromatic carbocycles. The van der Waals surface area contributed by atoms with Crippen LogP contribution in [0.25, 0.3) is 11.4 Å². The Labute approximate surface area is 186 Å². The number of thioether (sulfide) groups is 1. The Morgan fingerprint density at radius 1 is 0.903 bits per heavy atom. The van der Waals surface area contributed by atoms with Crippen LogP contribution >= 0.6 is 11.8 Å². The first-order chi connectivity index (χ1) is 14.9. The fourth-order valence-electron chi connectivity index (χ4n) is 3.83. The Bertz CT molecular complexity index is 1040. The number of phenols is 2. The minimum absolute atomic E-state index is 0.0365. The standard InChI is InChI=1S/C23H28N4O3S/c1-15(2)18-11-19(21(29)12-20(18)28)22-24-25-23(30)27(22)14-17-5-3-16(4-6-17)13-26-7-9-31-10-8-26/h3-6,11-12,15,28-29H,7-10,13-14H2,1-2H3,(H,25,30). The molecule has 1 fully saturated rings. The molecule has 0 atom stereocenters. The molecule has 0 spiro atoms. The van der Waals surface area contributed by atoms with E-state index < -0.39 is 0 Å². The van der Waals surface area contributed by atoms with E-state index in [9.17, 15) is 15.3 Å². The Morgan fingerprint density at radius 3 is 2.19 bits per heavy atom. The van der Waals surface area contributed by atoms with Crippen LogP contribution in [-0.4, -0.2) is 59.6 Å². The van der Waals surface area contributed by atoms with Gasteiger partial charge in [-0.05, 0) is 28.7 Å². The second-order valence-electron chi connectivity index (χ2n) is 8.20. The lowest BCUT2D eigenvalue weighted by molar-refractivity contribution is 0.294. The molecular formula is C23H28N4O3S. The molecule has 0 aliphatic carbocycles. The van der Waals surface area contributed by atoms with Crippen LogP contribution in [0.3, 0.4) is 0 Å². The van der Waals surface area contributed by atoms with Crippen molar-refractivity contribution in [2.75, 3.05) is 24.6 Å². The molecule has 1 aliphatic rings. The summed E-state index contributed by atoms with van der Waals surface area (Å²) in [6.07, 6.45) is 0. The van der Waals surface area contributed by atoms with Crippen LogP contribution < -0.4 is 0 Å². The lowest BCUT2D eigenvalue weighted by atomic mass is 9.98. The van der Waals surface area contributed by atoms with Crippen molar-refractivity contribution in [2.45, 2.75) is 32.9 Å². The SMILES string of the molecule is CC(C)c1cc(-c2nnc(O)n2Cc2ccc(CN3CCSCC3)cc2)c(O)cc1O. The first kappa shape index (κ1) is 21.5. The van der Waals surface area contributed by atoms with E-state index in [1.54, 1.807) is 10.6 Å². The molecule has 3 aromatic rings. The summed E-state index contributed by atoms with van der Waals surface area (Å²) in [5.41, 5.74) is 3.38. The maximum atomic E-state index is 10.4. The van der Waals surface area contributed by atoms with Gasteiger partial charge < -0.3 is 15.3 Å². The van der Waals surface area contributed by atoms with E-state index >= 15 is 0 Å². The predicted octanol–water partition coefficient (Wildman–Crippen LogP) is 3.78.